The Labute approximate surface area is 105 Å². The summed E-state index contributed by atoms with van der Waals surface area (Å²) in [5.74, 6) is 5.00. The Morgan fingerprint density at radius 3 is 3.18 bits per heavy atom. The molecule has 0 amide bonds. The highest BCUT2D eigenvalue weighted by Gasteiger charge is 2.17. The minimum absolute atomic E-state index is 0.723. The average Bonchev–Trinajstić information content (AvgIpc) is 2.75. The molecule has 0 aliphatic carbocycles. The minimum atomic E-state index is 0.723. The van der Waals surface area contributed by atoms with Gasteiger partial charge in [0.05, 0.1) is 0 Å². The Hall–Kier alpha value is -1.23. The number of hydrogen-bond acceptors (Lipinski definition) is 4. The largest absolute Gasteiger partial charge is 0.385 e. The molecule has 5 heteroatoms. The monoisotopic (exact) mass is 248 g/mol. The van der Waals surface area contributed by atoms with E-state index in [2.05, 4.69) is 10.2 Å². The Balaban J connectivity index is 1.89. The zero-order valence-corrected chi connectivity index (χ0v) is 10.5. The molecule has 1 aliphatic rings. The van der Waals surface area contributed by atoms with Gasteiger partial charge in [-0.1, -0.05) is 6.07 Å². The molecule has 2 N–H and O–H groups in total. The van der Waals surface area contributed by atoms with E-state index in [1.54, 1.807) is 0 Å². The summed E-state index contributed by atoms with van der Waals surface area (Å²) in [6, 6.07) is 5.76. The second-order valence-electron chi connectivity index (χ2n) is 4.55. The fourth-order valence-electron chi connectivity index (χ4n) is 2.39. The van der Waals surface area contributed by atoms with Crippen molar-refractivity contribution in [3.63, 3.8) is 0 Å². The van der Waals surface area contributed by atoms with Crippen LogP contribution in [0.5, 0.6) is 0 Å². The molecular formula is C12H16N4S. The predicted octanol–water partition coefficient (Wildman–Crippen LogP) is 2.00. The molecule has 0 spiro atoms. The zero-order chi connectivity index (χ0) is 11.7. The summed E-state index contributed by atoms with van der Waals surface area (Å²) in [6.45, 7) is 0. The number of aromatic nitrogens is 3. The van der Waals surface area contributed by atoms with Gasteiger partial charge in [-0.15, -0.1) is 10.2 Å². The zero-order valence-electron chi connectivity index (χ0n) is 9.67. The van der Waals surface area contributed by atoms with Crippen LogP contribution in [0.4, 0.5) is 5.82 Å². The first-order valence-electron chi connectivity index (χ1n) is 6.01. The van der Waals surface area contributed by atoms with Gasteiger partial charge >= 0.3 is 0 Å². The molecule has 1 unspecified atom stereocenters. The highest BCUT2D eigenvalue weighted by molar-refractivity contribution is 7.99. The van der Waals surface area contributed by atoms with E-state index in [9.17, 15) is 0 Å². The first kappa shape index (κ1) is 10.9. The van der Waals surface area contributed by atoms with Crippen LogP contribution in [0.15, 0.2) is 18.2 Å². The van der Waals surface area contributed by atoms with Crippen molar-refractivity contribution in [2.24, 2.45) is 5.92 Å². The van der Waals surface area contributed by atoms with Crippen LogP contribution in [0, 0.1) is 5.92 Å². The van der Waals surface area contributed by atoms with Crippen molar-refractivity contribution in [2.45, 2.75) is 19.3 Å². The van der Waals surface area contributed by atoms with Crippen LogP contribution < -0.4 is 5.73 Å². The summed E-state index contributed by atoms with van der Waals surface area (Å²) in [4.78, 5) is 0. The van der Waals surface area contributed by atoms with Gasteiger partial charge in [0.25, 0.3) is 0 Å². The molecule has 0 aromatic carbocycles. The van der Waals surface area contributed by atoms with Crippen LogP contribution in [0.2, 0.25) is 0 Å². The summed E-state index contributed by atoms with van der Waals surface area (Å²) in [6.07, 6.45) is 3.61. The van der Waals surface area contributed by atoms with Crippen LogP contribution >= 0.6 is 11.8 Å². The predicted molar refractivity (Wildman–Crippen MR) is 71.2 cm³/mol. The van der Waals surface area contributed by atoms with E-state index < -0.39 is 0 Å². The molecular weight excluding hydrogens is 232 g/mol. The number of nitrogens with zero attached hydrogens (tertiary/aromatic N) is 3. The Bertz CT molecular complexity index is 516. The highest BCUT2D eigenvalue weighted by Crippen LogP contribution is 2.25. The van der Waals surface area contributed by atoms with Gasteiger partial charge in [0.15, 0.2) is 5.65 Å². The number of anilines is 1. The van der Waals surface area contributed by atoms with Crippen LogP contribution in [0.1, 0.15) is 18.7 Å². The molecule has 3 heterocycles. The van der Waals surface area contributed by atoms with E-state index in [0.717, 1.165) is 29.6 Å². The lowest BCUT2D eigenvalue weighted by Crippen LogP contribution is -2.15. The second kappa shape index (κ2) is 4.56. The SMILES string of the molecule is Nc1cccc2nnc(CC3CCCSC3)n12. The first-order valence-corrected chi connectivity index (χ1v) is 7.16. The van der Waals surface area contributed by atoms with E-state index in [4.69, 9.17) is 5.73 Å². The summed E-state index contributed by atoms with van der Waals surface area (Å²) in [7, 11) is 0. The fraction of sp³-hybridized carbons (Fsp3) is 0.500. The lowest BCUT2D eigenvalue weighted by molar-refractivity contribution is 0.507. The Morgan fingerprint density at radius 2 is 2.35 bits per heavy atom. The lowest BCUT2D eigenvalue weighted by Gasteiger charge is -2.20. The van der Waals surface area contributed by atoms with Gasteiger partial charge in [0, 0.05) is 6.42 Å². The molecule has 0 radical (unpaired) electrons. The van der Waals surface area contributed by atoms with Crippen molar-refractivity contribution in [1.29, 1.82) is 0 Å². The van der Waals surface area contributed by atoms with E-state index in [0.29, 0.717) is 0 Å². The molecule has 90 valence electrons. The van der Waals surface area contributed by atoms with Crippen LogP contribution in [-0.2, 0) is 6.42 Å². The third-order valence-corrected chi connectivity index (χ3v) is 4.54. The number of rotatable bonds is 2. The Morgan fingerprint density at radius 1 is 1.41 bits per heavy atom. The van der Waals surface area contributed by atoms with Crippen LogP contribution in [-0.4, -0.2) is 26.1 Å². The average molecular weight is 248 g/mol. The molecule has 0 bridgehead atoms. The smallest absolute Gasteiger partial charge is 0.162 e. The van der Waals surface area contributed by atoms with E-state index in [-0.39, 0.29) is 0 Å². The second-order valence-corrected chi connectivity index (χ2v) is 5.70. The molecule has 2 aromatic heterocycles. The van der Waals surface area contributed by atoms with E-state index in [1.807, 2.05) is 34.4 Å². The van der Waals surface area contributed by atoms with Gasteiger partial charge < -0.3 is 5.73 Å². The Kier molecular flexibility index (Phi) is 2.93. The van der Waals surface area contributed by atoms with Crippen molar-refractivity contribution in [2.75, 3.05) is 17.2 Å². The molecule has 1 fully saturated rings. The molecule has 4 nitrogen and oxygen atoms in total. The number of hydrogen-bond donors (Lipinski definition) is 1. The van der Waals surface area contributed by atoms with Crippen molar-refractivity contribution in [3.05, 3.63) is 24.0 Å². The summed E-state index contributed by atoms with van der Waals surface area (Å²) in [5.41, 5.74) is 6.83. The highest BCUT2D eigenvalue weighted by atomic mass is 32.2. The number of nitrogens with two attached hydrogens (primary N) is 1. The molecule has 17 heavy (non-hydrogen) atoms. The van der Waals surface area contributed by atoms with Crippen LogP contribution in [0.3, 0.4) is 0 Å². The molecule has 1 aliphatic heterocycles. The number of thioether (sulfide) groups is 1. The summed E-state index contributed by atoms with van der Waals surface area (Å²) in [5, 5.41) is 8.45. The maximum Gasteiger partial charge on any atom is 0.162 e. The van der Waals surface area contributed by atoms with Gasteiger partial charge in [0.1, 0.15) is 11.6 Å². The van der Waals surface area contributed by atoms with Crippen molar-refractivity contribution in [3.8, 4) is 0 Å². The molecule has 1 saturated heterocycles. The van der Waals surface area contributed by atoms with Gasteiger partial charge in [-0.25, -0.2) is 0 Å². The number of fused-ring (bicyclic) bond motifs is 1. The summed E-state index contributed by atoms with van der Waals surface area (Å²) >= 11 is 2.05. The maximum atomic E-state index is 5.98. The van der Waals surface area contributed by atoms with E-state index in [1.165, 1.54) is 24.3 Å². The summed E-state index contributed by atoms with van der Waals surface area (Å²) < 4.78 is 1.97. The number of pyridine rings is 1. The molecule has 2 aromatic rings. The standard InChI is InChI=1S/C12H16N4S/c13-10-4-1-5-11-14-15-12(16(10)11)7-9-3-2-6-17-8-9/h1,4-5,9H,2-3,6-8,13H2. The van der Waals surface area contributed by atoms with Gasteiger partial charge in [0.2, 0.25) is 0 Å². The lowest BCUT2D eigenvalue weighted by atomic mass is 10.0. The fourth-order valence-corrected chi connectivity index (χ4v) is 3.54. The van der Waals surface area contributed by atoms with Gasteiger partial charge in [-0.05, 0) is 42.4 Å². The maximum absolute atomic E-state index is 5.98. The minimum Gasteiger partial charge on any atom is -0.385 e. The molecule has 3 rings (SSSR count). The molecule has 0 saturated carbocycles. The van der Waals surface area contributed by atoms with E-state index >= 15 is 0 Å². The topological polar surface area (TPSA) is 56.2 Å². The van der Waals surface area contributed by atoms with Crippen LogP contribution in [0.25, 0.3) is 5.65 Å². The number of nitrogen functional groups attached to an aromatic ring is 1. The van der Waals surface area contributed by atoms with Gasteiger partial charge in [-0.2, -0.15) is 11.8 Å². The first-order chi connectivity index (χ1) is 8.34. The normalized spacial score (nSPS) is 20.8. The van der Waals surface area contributed by atoms with Crippen molar-refractivity contribution in [1.82, 2.24) is 14.6 Å². The molecule has 1 atom stereocenters. The third kappa shape index (κ3) is 2.11. The van der Waals surface area contributed by atoms with Crippen molar-refractivity contribution >= 4 is 23.2 Å². The third-order valence-electron chi connectivity index (χ3n) is 3.25. The van der Waals surface area contributed by atoms with Gasteiger partial charge in [-0.3, -0.25) is 4.40 Å². The van der Waals surface area contributed by atoms with Crippen molar-refractivity contribution < 1.29 is 0 Å². The quantitative estimate of drug-likeness (QED) is 0.883.